The van der Waals surface area contributed by atoms with Crippen LogP contribution >= 0.6 is 0 Å². The number of benzene rings is 10. The summed E-state index contributed by atoms with van der Waals surface area (Å²) >= 11 is 0. The van der Waals surface area contributed by atoms with Gasteiger partial charge in [0.15, 0.2) is 22.7 Å². The summed E-state index contributed by atoms with van der Waals surface area (Å²) in [5.41, 5.74) is 10.9. The van der Waals surface area contributed by atoms with Gasteiger partial charge in [0.25, 0.3) is 0 Å². The van der Waals surface area contributed by atoms with Crippen LogP contribution in [0, 0.1) is 44.5 Å². The number of rotatable bonds is 9. The Morgan fingerprint density at radius 1 is 0.353 bits per heavy atom. The van der Waals surface area contributed by atoms with E-state index in [-0.39, 0.29) is 220 Å². The predicted molar refractivity (Wildman–Crippen MR) is 477 cm³/mol. The Labute approximate surface area is 934 Å². The van der Waals surface area contributed by atoms with Gasteiger partial charge in [0.05, 0.1) is 59.7 Å². The number of fused-ring (bicyclic) bond motifs is 20. The van der Waals surface area contributed by atoms with Gasteiger partial charge in [0.2, 0.25) is 0 Å². The van der Waals surface area contributed by atoms with Crippen molar-refractivity contribution in [3.05, 3.63) is 298 Å². The van der Waals surface area contributed by atoms with Crippen molar-refractivity contribution in [1.82, 2.24) is 39.9 Å². The maximum absolute atomic E-state index is 10.6. The summed E-state index contributed by atoms with van der Waals surface area (Å²) in [5.74, 6) is 5.16. The molecule has 0 spiro atoms. The molecule has 2 aliphatic rings. The van der Waals surface area contributed by atoms with Crippen LogP contribution in [0.3, 0.4) is 0 Å². The van der Waals surface area contributed by atoms with Gasteiger partial charge in [-0.25, -0.2) is 31.6 Å². The first-order valence-electron chi connectivity index (χ1n) is 37.5. The van der Waals surface area contributed by atoms with Crippen molar-refractivity contribution in [1.29, 1.82) is 0 Å². The Kier molecular flexibility index (Phi) is 52.5. The van der Waals surface area contributed by atoms with E-state index in [4.69, 9.17) is 149 Å². The van der Waals surface area contributed by atoms with Crippen LogP contribution in [0.4, 0.5) is 22.7 Å². The molecule has 0 amide bonds. The molecule has 1 radical (unpaired) electrons. The second kappa shape index (κ2) is 57.0. The van der Waals surface area contributed by atoms with E-state index in [2.05, 4.69) is 127 Å². The largest absolute Gasteiger partial charge is 2.00 e. The van der Waals surface area contributed by atoms with Crippen LogP contribution in [0.2, 0.25) is 0 Å². The first-order chi connectivity index (χ1) is 60.9. The Morgan fingerprint density at radius 2 is 0.610 bits per heavy atom. The summed E-state index contributed by atoms with van der Waals surface area (Å²) in [5, 5.41) is 3.57. The molecule has 0 atom stereocenters. The normalized spacial score (nSPS) is 10.5. The van der Waals surface area contributed by atoms with Gasteiger partial charge >= 0.3 is 236 Å². The molecule has 0 saturated carbocycles. The van der Waals surface area contributed by atoms with E-state index in [1.54, 1.807) is 18.2 Å². The van der Waals surface area contributed by atoms with Gasteiger partial charge < -0.3 is 58.0 Å². The second-order valence-corrected chi connectivity index (χ2v) is 35.4. The molecule has 0 N–H and O–H groups in total. The zero-order valence-electron chi connectivity index (χ0n) is 76.4. The van der Waals surface area contributed by atoms with Gasteiger partial charge in [0, 0.05) is 73.2 Å². The summed E-state index contributed by atoms with van der Waals surface area (Å²) in [6.45, 7) is 52.3. The summed E-state index contributed by atoms with van der Waals surface area (Å²) in [6, 6.07) is 74.9. The standard InChI is InChI=1S/C32H16N8.C31H37O3.C18H16N2O.C8H4N2O3S.CH4O3S.Cu.K.4Na.4O3S/c1-2-10-18-17(9-1)25-33-26(18)38-28-21-13-5-6-14-22(21)30(35-28)40-32-24-16-8-7-15-23(24)31(36-32)39-29-20-12-4-3-11-19(20)27(34-29)37-25;1-29(2,3)22-13-10-16-25(19-22)32-28(33-26-17-11-14-23(20-26)30(4,5)6)34-27-18-12-15-24(21-27)31(7,8)9;1-18(2,3)13-7-6-8-14(11-13)21-15-9-10-16(19-4)17(12-15)20-5;1-9-7-4-3-6(14(11,12)13)5-8(7)10-2;1-5(2,3)4;;;;;;;4*1-4(2)3/h1-16H;10-15,19-21,28H,1-9H3;6-12H,1-3H3;3-5H,(H,11,12,13);1H3,(H,2,3,4);;;;;;;;;;/q-2;-3;;;;+2;5*+1;;;;/p-2. The number of nitrogens with zero attached hydrogens (tertiary/aromatic N) is 12. The third-order valence-electron chi connectivity index (χ3n) is 17.5. The van der Waals surface area contributed by atoms with Gasteiger partial charge in [-0.05, 0) is 73.0 Å². The average Bonchev–Trinajstić information content (AvgIpc) is 1.61. The number of aromatic nitrogens is 8. The molecule has 46 heteroatoms. The minimum atomic E-state index is -4.56. The third kappa shape index (κ3) is 40.2. The van der Waals surface area contributed by atoms with E-state index < -0.39 is 74.0 Å². The van der Waals surface area contributed by atoms with Gasteiger partial charge in [-0.15, -0.1) is 104 Å². The molecular weight excluding hydrogens is 1990 g/mol. The molecule has 3 aromatic heterocycles. The molecule has 13 aromatic rings. The fourth-order valence-corrected chi connectivity index (χ4v) is 12.0. The van der Waals surface area contributed by atoms with Crippen molar-refractivity contribution in [3.8, 4) is 74.3 Å². The van der Waals surface area contributed by atoms with Gasteiger partial charge in [0.1, 0.15) is 21.6 Å². The smallest absolute Gasteiger partial charge is 0.748 e. The number of hydrogen-bond donors (Lipinski definition) is 0. The van der Waals surface area contributed by atoms with Crippen LogP contribution in [-0.2, 0) is 101 Å². The summed E-state index contributed by atoms with van der Waals surface area (Å²) in [7, 11) is -20.9. The summed E-state index contributed by atoms with van der Waals surface area (Å²) < 4.78 is 185. The molecule has 0 saturated heterocycles. The molecule has 15 rings (SSSR count). The first-order valence-corrected chi connectivity index (χ1v) is 44.8. The van der Waals surface area contributed by atoms with Gasteiger partial charge in [-0.2, -0.15) is 36.4 Å². The van der Waals surface area contributed by atoms with Gasteiger partial charge in [-0.3, -0.25) is 14.5 Å². The van der Waals surface area contributed by atoms with Crippen molar-refractivity contribution >= 4 is 130 Å². The molecule has 679 valence electrons. The molecular formula is C90H75CuKN12Na4O22S6. The quantitative estimate of drug-likeness (QED) is 0.0858. The minimum Gasteiger partial charge on any atom is -0.748 e. The zero-order valence-corrected chi connectivity index (χ0v) is 93.3. The molecule has 8 bridgehead atoms. The maximum atomic E-state index is 10.6. The van der Waals surface area contributed by atoms with Crippen molar-refractivity contribution < 1.29 is 282 Å². The molecule has 136 heavy (non-hydrogen) atoms. The SMILES string of the molecule is CC(C)(C)c1cc[c-]c(OC(Oc2[c-]ccc(C(C)(C)C)c2)Oc2[c-]ccc(C(C)(C)C)c2)c1.CS(=O)(=O)[O-].O=S(=O)=O.O=S(=O)=O.O=S(=O)=O.O=S(=O)=O.[C-]#[N+]c1ccc(Oc2cccc(C(C)(C)C)c2)cc1[N+]#[C-].[C-]#[N+]c1ccc(S(=O)(=O)[O-])cc1[N+]#[C-].[Cu+2].[K+].[Na+].[Na+].[Na+].[Na+].c1ccc2c(c1)-c1nc-2nc2[n-]c(nc3nc(nc4[n-]c(n1)c1ccccc41)-c1ccccc1-3)c1ccccc21. The van der Waals surface area contributed by atoms with Crippen LogP contribution in [0.1, 0.15) is 105 Å². The van der Waals surface area contributed by atoms with Crippen LogP contribution in [-0.4, -0.2) is 119 Å². The zero-order chi connectivity index (χ0) is 96.4. The van der Waals surface area contributed by atoms with Crippen molar-refractivity contribution in [2.24, 2.45) is 0 Å². The van der Waals surface area contributed by atoms with E-state index in [1.165, 1.54) is 5.56 Å². The fourth-order valence-electron chi connectivity index (χ4n) is 11.5. The Hall–Kier alpha value is -8.82. The van der Waals surface area contributed by atoms with E-state index in [0.29, 0.717) is 86.5 Å². The molecule has 34 nitrogen and oxygen atoms in total. The Balaban J connectivity index is 0.000000871. The van der Waals surface area contributed by atoms with E-state index in [1.807, 2.05) is 170 Å². The Bertz CT molecular complexity index is 6960. The number of ether oxygens (including phenoxy) is 4. The van der Waals surface area contributed by atoms with Gasteiger partial charge in [-0.1, -0.05) is 217 Å². The molecule has 0 fully saturated rings. The van der Waals surface area contributed by atoms with Crippen LogP contribution < -0.4 is 199 Å². The predicted octanol–water partition coefficient (Wildman–Crippen LogP) is 1.66. The maximum Gasteiger partial charge on any atom is 2.00 e. The molecule has 2 aliphatic heterocycles. The minimum absolute atomic E-state index is 0. The van der Waals surface area contributed by atoms with Crippen LogP contribution in [0.5, 0.6) is 28.7 Å². The molecule has 5 heterocycles. The number of hydrogen-bond acceptors (Lipinski definition) is 28. The van der Waals surface area contributed by atoms with E-state index in [9.17, 15) is 13.0 Å². The Morgan fingerprint density at radius 3 is 0.882 bits per heavy atom. The van der Waals surface area contributed by atoms with Crippen LogP contribution in [0.15, 0.2) is 217 Å². The van der Waals surface area contributed by atoms with Crippen molar-refractivity contribution in [2.75, 3.05) is 6.26 Å². The fraction of sp³-hybridized carbons (Fsp3) is 0.200. The topological polar surface area (TPSA) is 479 Å². The van der Waals surface area contributed by atoms with Crippen molar-refractivity contribution in [2.45, 2.75) is 116 Å². The van der Waals surface area contributed by atoms with E-state index in [0.717, 1.165) is 84.4 Å². The van der Waals surface area contributed by atoms with Crippen molar-refractivity contribution in [3.63, 3.8) is 0 Å². The summed E-state index contributed by atoms with van der Waals surface area (Å²) in [6.07, 6.45) is 0.604. The average molecular weight is 2060 g/mol. The first kappa shape index (κ1) is 125. The third-order valence-corrected chi connectivity index (χ3v) is 18.4. The second-order valence-electron chi connectivity index (χ2n) is 31.0. The molecule has 0 unspecified atom stereocenters. The molecule has 10 aromatic carbocycles. The summed E-state index contributed by atoms with van der Waals surface area (Å²) in [4.78, 5) is 51.4. The molecule has 0 aliphatic carbocycles. The van der Waals surface area contributed by atoms with Crippen LogP contribution in [0.25, 0.3) is 109 Å². The monoisotopic (exact) mass is 2060 g/mol. The van der Waals surface area contributed by atoms with E-state index >= 15 is 0 Å².